The van der Waals surface area contributed by atoms with Crippen molar-refractivity contribution in [3.05, 3.63) is 0 Å². The van der Waals surface area contributed by atoms with Gasteiger partial charge in [0.25, 0.3) is 0 Å². The number of rotatable bonds is 9. The molecule has 0 heterocycles. The molecule has 3 N–H and O–H groups in total. The van der Waals surface area contributed by atoms with Crippen LogP contribution >= 0.6 is 0 Å². The van der Waals surface area contributed by atoms with Crippen LogP contribution in [-0.2, 0) is 14.4 Å². The summed E-state index contributed by atoms with van der Waals surface area (Å²) in [6.07, 6.45) is 2.82. The van der Waals surface area contributed by atoms with E-state index in [4.69, 9.17) is 5.11 Å². The number of carbonyl (C=O) groups is 3. The number of hydrogen-bond acceptors (Lipinski definition) is 3. The van der Waals surface area contributed by atoms with E-state index in [1.165, 1.54) is 6.92 Å². The lowest BCUT2D eigenvalue weighted by molar-refractivity contribution is -0.146. The molecule has 0 saturated heterocycles. The summed E-state index contributed by atoms with van der Waals surface area (Å²) in [6, 6.07) is 0. The van der Waals surface area contributed by atoms with Gasteiger partial charge in [0.1, 0.15) is 0 Å². The molecule has 0 radical (unpaired) electrons. The predicted octanol–water partition coefficient (Wildman–Crippen LogP) is 0.910. The lowest BCUT2D eigenvalue weighted by atomic mass is 9.94. The molecular formula is C13H24N2O4. The molecule has 0 rings (SSSR count). The van der Waals surface area contributed by atoms with Crippen LogP contribution in [0.2, 0.25) is 0 Å². The van der Waals surface area contributed by atoms with Gasteiger partial charge in [-0.05, 0) is 26.7 Å². The topological polar surface area (TPSA) is 95.5 Å². The second kappa shape index (κ2) is 8.50. The van der Waals surface area contributed by atoms with Crippen LogP contribution in [-0.4, -0.2) is 36.0 Å². The molecule has 0 aromatic rings. The zero-order valence-corrected chi connectivity index (χ0v) is 11.9. The Morgan fingerprint density at radius 1 is 1.05 bits per heavy atom. The first-order valence-electron chi connectivity index (χ1n) is 6.50. The fraction of sp³-hybridized carbons (Fsp3) is 0.769. The van der Waals surface area contributed by atoms with Gasteiger partial charge in [-0.3, -0.25) is 14.4 Å². The van der Waals surface area contributed by atoms with Gasteiger partial charge in [0.05, 0.1) is 5.41 Å². The quantitative estimate of drug-likeness (QED) is 0.544. The molecular weight excluding hydrogens is 248 g/mol. The van der Waals surface area contributed by atoms with E-state index in [1.54, 1.807) is 13.8 Å². The maximum Gasteiger partial charge on any atom is 0.310 e. The molecule has 0 aromatic carbocycles. The van der Waals surface area contributed by atoms with Gasteiger partial charge in [-0.1, -0.05) is 6.42 Å². The third kappa shape index (κ3) is 9.04. The van der Waals surface area contributed by atoms with Crippen LogP contribution in [0.4, 0.5) is 0 Å². The predicted molar refractivity (Wildman–Crippen MR) is 71.6 cm³/mol. The minimum Gasteiger partial charge on any atom is -0.481 e. The Labute approximate surface area is 113 Å². The van der Waals surface area contributed by atoms with Gasteiger partial charge in [-0.15, -0.1) is 0 Å². The van der Waals surface area contributed by atoms with Crippen LogP contribution in [0.15, 0.2) is 0 Å². The number of unbranched alkanes of at least 4 members (excludes halogenated alkanes) is 2. The van der Waals surface area contributed by atoms with Crippen LogP contribution in [0, 0.1) is 5.41 Å². The Hall–Kier alpha value is -1.59. The van der Waals surface area contributed by atoms with Crippen molar-refractivity contribution in [1.82, 2.24) is 10.6 Å². The molecule has 6 heteroatoms. The number of aliphatic carboxylic acids is 1. The fourth-order valence-corrected chi connectivity index (χ4v) is 1.34. The lowest BCUT2D eigenvalue weighted by Gasteiger charge is -2.19. The number of nitrogens with one attached hydrogen (secondary N) is 2. The van der Waals surface area contributed by atoms with E-state index in [9.17, 15) is 14.4 Å². The molecule has 0 atom stereocenters. The van der Waals surface area contributed by atoms with E-state index in [1.807, 2.05) is 0 Å². The summed E-state index contributed by atoms with van der Waals surface area (Å²) < 4.78 is 0. The van der Waals surface area contributed by atoms with Gasteiger partial charge in [0, 0.05) is 26.4 Å². The number of amides is 2. The van der Waals surface area contributed by atoms with E-state index in [-0.39, 0.29) is 18.4 Å². The van der Waals surface area contributed by atoms with Crippen LogP contribution in [0.3, 0.4) is 0 Å². The monoisotopic (exact) mass is 272 g/mol. The molecule has 0 saturated carbocycles. The normalized spacial score (nSPS) is 10.9. The summed E-state index contributed by atoms with van der Waals surface area (Å²) in [5.74, 6) is -1.11. The van der Waals surface area contributed by atoms with Crippen molar-refractivity contribution in [1.29, 1.82) is 0 Å². The molecule has 0 aliphatic carbocycles. The zero-order chi connectivity index (χ0) is 14.9. The molecule has 0 aromatic heterocycles. The third-order valence-electron chi connectivity index (χ3n) is 2.76. The second-order valence-corrected chi connectivity index (χ2v) is 5.26. The molecule has 0 aliphatic rings. The van der Waals surface area contributed by atoms with E-state index < -0.39 is 11.4 Å². The van der Waals surface area contributed by atoms with E-state index in [0.29, 0.717) is 13.0 Å². The van der Waals surface area contributed by atoms with Crippen LogP contribution in [0.1, 0.15) is 46.5 Å². The first kappa shape index (κ1) is 17.4. The Morgan fingerprint density at radius 3 is 2.21 bits per heavy atom. The summed E-state index contributed by atoms with van der Waals surface area (Å²) in [6.45, 7) is 5.37. The Bertz CT molecular complexity index is 327. The summed E-state index contributed by atoms with van der Waals surface area (Å²) in [4.78, 5) is 32.9. The molecule has 2 amide bonds. The minimum absolute atomic E-state index is 0.0476. The summed E-state index contributed by atoms with van der Waals surface area (Å²) in [5, 5.41) is 14.2. The smallest absolute Gasteiger partial charge is 0.310 e. The highest BCUT2D eigenvalue weighted by molar-refractivity contribution is 5.78. The van der Waals surface area contributed by atoms with Gasteiger partial charge in [-0.25, -0.2) is 0 Å². The third-order valence-corrected chi connectivity index (χ3v) is 2.76. The second-order valence-electron chi connectivity index (χ2n) is 5.26. The average Bonchev–Trinajstić information content (AvgIpc) is 2.30. The largest absolute Gasteiger partial charge is 0.481 e. The summed E-state index contributed by atoms with van der Waals surface area (Å²) >= 11 is 0. The summed E-state index contributed by atoms with van der Waals surface area (Å²) in [7, 11) is 0. The maximum atomic E-state index is 11.5. The Kier molecular flexibility index (Phi) is 7.79. The zero-order valence-electron chi connectivity index (χ0n) is 11.9. The Balaban J connectivity index is 3.60. The van der Waals surface area contributed by atoms with Gasteiger partial charge >= 0.3 is 5.97 Å². The number of carboxylic acids is 1. The fourth-order valence-electron chi connectivity index (χ4n) is 1.34. The summed E-state index contributed by atoms with van der Waals surface area (Å²) in [5.41, 5.74) is -0.943. The Morgan fingerprint density at radius 2 is 1.68 bits per heavy atom. The molecule has 0 aliphatic heterocycles. The highest BCUT2D eigenvalue weighted by Crippen LogP contribution is 2.13. The van der Waals surface area contributed by atoms with Gasteiger partial charge in [0.15, 0.2) is 0 Å². The SMILES string of the molecule is CC(=O)NCCCCCC(=O)NCC(C)(C)C(=O)O. The molecule has 0 spiro atoms. The molecule has 110 valence electrons. The van der Waals surface area contributed by atoms with Crippen LogP contribution < -0.4 is 10.6 Å². The molecule has 19 heavy (non-hydrogen) atoms. The van der Waals surface area contributed by atoms with Gasteiger partial charge in [-0.2, -0.15) is 0 Å². The first-order valence-corrected chi connectivity index (χ1v) is 6.50. The first-order chi connectivity index (χ1) is 8.75. The molecule has 0 bridgehead atoms. The van der Waals surface area contributed by atoms with Gasteiger partial charge < -0.3 is 15.7 Å². The number of carbonyl (C=O) groups excluding carboxylic acids is 2. The molecule has 0 fully saturated rings. The van der Waals surface area contributed by atoms with Crippen molar-refractivity contribution in [2.75, 3.05) is 13.1 Å². The number of carboxylic acid groups (broad SMARTS) is 1. The standard InChI is InChI=1S/C13H24N2O4/c1-10(16)14-8-6-4-5-7-11(17)15-9-13(2,3)12(18)19/h4-9H2,1-3H3,(H,14,16)(H,15,17)(H,18,19). The highest BCUT2D eigenvalue weighted by Gasteiger charge is 2.27. The maximum absolute atomic E-state index is 11.5. The van der Waals surface area contributed by atoms with Crippen molar-refractivity contribution in [3.8, 4) is 0 Å². The van der Waals surface area contributed by atoms with Crippen molar-refractivity contribution in [2.24, 2.45) is 5.41 Å². The van der Waals surface area contributed by atoms with Crippen LogP contribution in [0.5, 0.6) is 0 Å². The van der Waals surface area contributed by atoms with Crippen molar-refractivity contribution in [2.45, 2.75) is 46.5 Å². The van der Waals surface area contributed by atoms with E-state index >= 15 is 0 Å². The minimum atomic E-state index is -0.943. The van der Waals surface area contributed by atoms with Gasteiger partial charge in [0.2, 0.25) is 11.8 Å². The van der Waals surface area contributed by atoms with Crippen molar-refractivity contribution in [3.63, 3.8) is 0 Å². The highest BCUT2D eigenvalue weighted by atomic mass is 16.4. The van der Waals surface area contributed by atoms with E-state index in [0.717, 1.165) is 19.3 Å². The van der Waals surface area contributed by atoms with Crippen molar-refractivity contribution < 1.29 is 19.5 Å². The van der Waals surface area contributed by atoms with E-state index in [2.05, 4.69) is 10.6 Å². The molecule has 0 unspecified atom stereocenters. The average molecular weight is 272 g/mol. The molecule has 6 nitrogen and oxygen atoms in total. The lowest BCUT2D eigenvalue weighted by Crippen LogP contribution is -2.38. The van der Waals surface area contributed by atoms with Crippen molar-refractivity contribution >= 4 is 17.8 Å². The van der Waals surface area contributed by atoms with Crippen LogP contribution in [0.25, 0.3) is 0 Å². The number of hydrogen-bond donors (Lipinski definition) is 3.